The van der Waals surface area contributed by atoms with Crippen molar-refractivity contribution in [2.75, 3.05) is 18.4 Å². The summed E-state index contributed by atoms with van der Waals surface area (Å²) >= 11 is 0. The van der Waals surface area contributed by atoms with Gasteiger partial charge in [0.05, 0.1) is 11.7 Å². The van der Waals surface area contributed by atoms with Crippen LogP contribution in [0.2, 0.25) is 0 Å². The second-order valence-corrected chi connectivity index (χ2v) is 6.68. The van der Waals surface area contributed by atoms with Crippen molar-refractivity contribution in [2.24, 2.45) is 0 Å². The van der Waals surface area contributed by atoms with Gasteiger partial charge in [0, 0.05) is 5.69 Å². The molecule has 0 radical (unpaired) electrons. The van der Waals surface area contributed by atoms with E-state index in [0.29, 0.717) is 17.7 Å². The number of benzene rings is 1. The number of piperidine rings is 1. The largest absolute Gasteiger partial charge is 0.321 e. The molecule has 1 aromatic heterocycles. The average molecular weight is 327 g/mol. The van der Waals surface area contributed by atoms with Crippen molar-refractivity contribution in [3.63, 3.8) is 0 Å². The van der Waals surface area contributed by atoms with Crippen LogP contribution in [0.25, 0.3) is 0 Å². The summed E-state index contributed by atoms with van der Waals surface area (Å²) in [7, 11) is 0. The lowest BCUT2D eigenvalue weighted by atomic mass is 10.0. The van der Waals surface area contributed by atoms with E-state index < -0.39 is 0 Å². The van der Waals surface area contributed by atoms with Gasteiger partial charge in [0.1, 0.15) is 0 Å². The van der Waals surface area contributed by atoms with Gasteiger partial charge in [-0.15, -0.1) is 5.10 Å². The Bertz CT molecular complexity index is 716. The zero-order valence-electron chi connectivity index (χ0n) is 14.5. The number of aromatic nitrogens is 3. The second kappa shape index (κ2) is 7.13. The summed E-state index contributed by atoms with van der Waals surface area (Å²) in [5.74, 6) is 0.220. The molecule has 2 heterocycles. The van der Waals surface area contributed by atoms with Gasteiger partial charge in [-0.1, -0.05) is 31.2 Å². The molecule has 3 rings (SSSR count). The molecule has 6 nitrogen and oxygen atoms in total. The summed E-state index contributed by atoms with van der Waals surface area (Å²) in [5, 5.41) is 14.6. The maximum Gasteiger partial charge on any atom is 0.278 e. The molecular weight excluding hydrogens is 302 g/mol. The van der Waals surface area contributed by atoms with Crippen LogP contribution < -0.4 is 10.6 Å². The summed E-state index contributed by atoms with van der Waals surface area (Å²) < 4.78 is 1.90. The molecule has 1 aromatic carbocycles. The second-order valence-electron chi connectivity index (χ2n) is 6.68. The molecule has 1 fully saturated rings. The van der Waals surface area contributed by atoms with E-state index in [4.69, 9.17) is 0 Å². The van der Waals surface area contributed by atoms with Gasteiger partial charge < -0.3 is 10.6 Å². The minimum atomic E-state index is -0.200. The Morgan fingerprint density at radius 1 is 1.33 bits per heavy atom. The number of nitrogens with one attached hydrogen (secondary N) is 2. The Labute approximate surface area is 142 Å². The summed E-state index contributed by atoms with van der Waals surface area (Å²) in [6, 6.07) is 8.26. The standard InChI is InChI=1S/C18H25N5O/c1-12(2)14-5-4-6-15(11-14)20-18(24)17-13(3)23(22-21-17)16-7-9-19-10-8-16/h4-6,11-12,16,19H,7-10H2,1-3H3,(H,20,24). The fourth-order valence-electron chi connectivity index (χ4n) is 3.11. The summed E-state index contributed by atoms with van der Waals surface area (Å²) in [5.41, 5.74) is 3.23. The summed E-state index contributed by atoms with van der Waals surface area (Å²) in [6.45, 7) is 8.15. The lowest BCUT2D eigenvalue weighted by Crippen LogP contribution is -2.30. The molecule has 0 bridgehead atoms. The van der Waals surface area contributed by atoms with E-state index in [2.05, 4.69) is 40.9 Å². The number of rotatable bonds is 4. The molecule has 128 valence electrons. The van der Waals surface area contributed by atoms with Gasteiger partial charge in [-0.05, 0) is 56.5 Å². The number of carbonyl (C=O) groups is 1. The van der Waals surface area contributed by atoms with E-state index in [-0.39, 0.29) is 5.91 Å². The van der Waals surface area contributed by atoms with Gasteiger partial charge in [0.15, 0.2) is 5.69 Å². The van der Waals surface area contributed by atoms with E-state index in [1.165, 1.54) is 5.56 Å². The van der Waals surface area contributed by atoms with Crippen LogP contribution in [0.15, 0.2) is 24.3 Å². The quantitative estimate of drug-likeness (QED) is 0.906. The number of hydrogen-bond donors (Lipinski definition) is 2. The molecule has 0 aliphatic carbocycles. The predicted octanol–water partition coefficient (Wildman–Crippen LogP) is 2.89. The molecular formula is C18H25N5O. The third-order valence-electron chi connectivity index (χ3n) is 4.61. The number of anilines is 1. The van der Waals surface area contributed by atoms with Crippen molar-refractivity contribution in [3.05, 3.63) is 41.2 Å². The Morgan fingerprint density at radius 2 is 2.08 bits per heavy atom. The Kier molecular flexibility index (Phi) is 4.94. The summed E-state index contributed by atoms with van der Waals surface area (Å²) in [6.07, 6.45) is 2.03. The molecule has 1 aliphatic heterocycles. The monoisotopic (exact) mass is 327 g/mol. The molecule has 0 saturated carbocycles. The molecule has 0 unspecified atom stereocenters. The van der Waals surface area contributed by atoms with Crippen LogP contribution in [-0.4, -0.2) is 34.0 Å². The first-order chi connectivity index (χ1) is 11.6. The van der Waals surface area contributed by atoms with Crippen molar-refractivity contribution in [1.29, 1.82) is 0 Å². The molecule has 24 heavy (non-hydrogen) atoms. The molecule has 2 aromatic rings. The highest BCUT2D eigenvalue weighted by Gasteiger charge is 2.23. The van der Waals surface area contributed by atoms with Gasteiger partial charge in [0.25, 0.3) is 5.91 Å². The fourth-order valence-corrected chi connectivity index (χ4v) is 3.11. The Morgan fingerprint density at radius 3 is 2.79 bits per heavy atom. The van der Waals surface area contributed by atoms with Crippen LogP contribution in [0.3, 0.4) is 0 Å². The normalized spacial score (nSPS) is 15.7. The highest BCUT2D eigenvalue weighted by molar-refractivity contribution is 6.03. The maximum atomic E-state index is 12.6. The molecule has 2 N–H and O–H groups in total. The third-order valence-corrected chi connectivity index (χ3v) is 4.61. The van der Waals surface area contributed by atoms with Crippen LogP contribution in [0, 0.1) is 6.92 Å². The molecule has 1 aliphatic rings. The molecule has 6 heteroatoms. The van der Waals surface area contributed by atoms with Crippen molar-refractivity contribution < 1.29 is 4.79 Å². The lowest BCUT2D eigenvalue weighted by Gasteiger charge is -2.23. The highest BCUT2D eigenvalue weighted by atomic mass is 16.2. The average Bonchev–Trinajstić information content (AvgIpc) is 2.97. The fraction of sp³-hybridized carbons (Fsp3) is 0.500. The first-order valence-electron chi connectivity index (χ1n) is 8.60. The van der Waals surface area contributed by atoms with Crippen LogP contribution in [0.4, 0.5) is 5.69 Å². The SMILES string of the molecule is Cc1c(C(=O)Nc2cccc(C(C)C)c2)nnn1C1CCNCC1. The zero-order chi connectivity index (χ0) is 17.1. The molecule has 0 spiro atoms. The van der Waals surface area contributed by atoms with Crippen LogP contribution >= 0.6 is 0 Å². The lowest BCUT2D eigenvalue weighted by molar-refractivity contribution is 0.102. The van der Waals surface area contributed by atoms with Crippen LogP contribution in [0.1, 0.15) is 60.4 Å². The third kappa shape index (κ3) is 3.48. The van der Waals surface area contributed by atoms with E-state index in [9.17, 15) is 4.79 Å². The summed E-state index contributed by atoms with van der Waals surface area (Å²) in [4.78, 5) is 12.6. The molecule has 0 atom stereocenters. The Hall–Kier alpha value is -2.21. The topological polar surface area (TPSA) is 71.8 Å². The molecule has 1 saturated heterocycles. The number of nitrogens with zero attached hydrogens (tertiary/aromatic N) is 3. The highest BCUT2D eigenvalue weighted by Crippen LogP contribution is 2.22. The Balaban J connectivity index is 1.76. The van der Waals surface area contributed by atoms with E-state index in [0.717, 1.165) is 37.3 Å². The van der Waals surface area contributed by atoms with E-state index in [1.54, 1.807) is 0 Å². The van der Waals surface area contributed by atoms with Crippen molar-refractivity contribution in [3.8, 4) is 0 Å². The van der Waals surface area contributed by atoms with Crippen molar-refractivity contribution in [1.82, 2.24) is 20.3 Å². The van der Waals surface area contributed by atoms with E-state index in [1.807, 2.05) is 29.8 Å². The minimum absolute atomic E-state index is 0.200. The van der Waals surface area contributed by atoms with Crippen molar-refractivity contribution >= 4 is 11.6 Å². The van der Waals surface area contributed by atoms with E-state index >= 15 is 0 Å². The number of amides is 1. The first kappa shape index (κ1) is 16.6. The van der Waals surface area contributed by atoms with Gasteiger partial charge >= 0.3 is 0 Å². The maximum absolute atomic E-state index is 12.6. The number of carbonyl (C=O) groups excluding carboxylic acids is 1. The van der Waals surface area contributed by atoms with Gasteiger partial charge in [-0.3, -0.25) is 4.79 Å². The van der Waals surface area contributed by atoms with Gasteiger partial charge in [0.2, 0.25) is 0 Å². The van der Waals surface area contributed by atoms with Crippen LogP contribution in [-0.2, 0) is 0 Å². The predicted molar refractivity (Wildman–Crippen MR) is 94.4 cm³/mol. The minimum Gasteiger partial charge on any atom is -0.321 e. The van der Waals surface area contributed by atoms with Gasteiger partial charge in [-0.25, -0.2) is 4.68 Å². The first-order valence-corrected chi connectivity index (χ1v) is 8.60. The zero-order valence-corrected chi connectivity index (χ0v) is 14.5. The van der Waals surface area contributed by atoms with Crippen LogP contribution in [0.5, 0.6) is 0 Å². The number of hydrogen-bond acceptors (Lipinski definition) is 4. The van der Waals surface area contributed by atoms with Gasteiger partial charge in [-0.2, -0.15) is 0 Å². The van der Waals surface area contributed by atoms with Crippen molar-refractivity contribution in [2.45, 2.75) is 45.6 Å². The smallest absolute Gasteiger partial charge is 0.278 e. The molecule has 1 amide bonds.